The number of primary amides is 1. The number of carbonyl (C=O) groups is 2. The first-order valence-electron chi connectivity index (χ1n) is 7.52. The molecule has 22 heavy (non-hydrogen) atoms. The highest BCUT2D eigenvalue weighted by molar-refractivity contribution is 5.92. The van der Waals surface area contributed by atoms with Crippen LogP contribution in [0.15, 0.2) is 22.6 Å². The molecule has 3 atom stereocenters. The molecule has 2 fully saturated rings. The van der Waals surface area contributed by atoms with Gasteiger partial charge in [0.1, 0.15) is 11.5 Å². The first-order chi connectivity index (χ1) is 10.5. The SMILES string of the molecule is C[C@@H]1C[C@@H]1c1ccc(/C=C/C(=O)N2CCO[C@@H](C(N)=O)C2)o1. The zero-order valence-corrected chi connectivity index (χ0v) is 12.5. The van der Waals surface area contributed by atoms with Crippen molar-refractivity contribution in [3.05, 3.63) is 29.7 Å². The van der Waals surface area contributed by atoms with Crippen LogP contribution in [0.2, 0.25) is 0 Å². The van der Waals surface area contributed by atoms with Gasteiger partial charge in [0.05, 0.1) is 13.2 Å². The van der Waals surface area contributed by atoms with E-state index >= 15 is 0 Å². The predicted octanol–water partition coefficient (Wildman–Crippen LogP) is 1.13. The van der Waals surface area contributed by atoms with Gasteiger partial charge in [-0.25, -0.2) is 0 Å². The van der Waals surface area contributed by atoms with Crippen molar-refractivity contribution < 1.29 is 18.7 Å². The van der Waals surface area contributed by atoms with E-state index in [9.17, 15) is 9.59 Å². The van der Waals surface area contributed by atoms with Crippen LogP contribution in [0.3, 0.4) is 0 Å². The Balaban J connectivity index is 1.58. The number of furan rings is 1. The number of hydrogen-bond acceptors (Lipinski definition) is 4. The minimum Gasteiger partial charge on any atom is -0.461 e. The number of nitrogens with two attached hydrogens (primary N) is 1. The second kappa shape index (κ2) is 5.96. The Morgan fingerprint density at radius 2 is 2.18 bits per heavy atom. The lowest BCUT2D eigenvalue weighted by Crippen LogP contribution is -2.50. The number of rotatable bonds is 4. The van der Waals surface area contributed by atoms with E-state index in [1.54, 1.807) is 11.0 Å². The molecule has 6 nitrogen and oxygen atoms in total. The van der Waals surface area contributed by atoms with E-state index in [4.69, 9.17) is 14.9 Å². The molecule has 1 saturated carbocycles. The average Bonchev–Trinajstić information content (AvgIpc) is 3.06. The number of amides is 2. The maximum absolute atomic E-state index is 12.1. The van der Waals surface area contributed by atoms with Crippen LogP contribution in [0.1, 0.15) is 30.8 Å². The van der Waals surface area contributed by atoms with Gasteiger partial charge in [0.2, 0.25) is 11.8 Å². The van der Waals surface area contributed by atoms with Crippen LogP contribution in [0, 0.1) is 5.92 Å². The van der Waals surface area contributed by atoms with Gasteiger partial charge >= 0.3 is 0 Å². The van der Waals surface area contributed by atoms with Crippen molar-refractivity contribution in [2.45, 2.75) is 25.4 Å². The summed E-state index contributed by atoms with van der Waals surface area (Å²) in [6.45, 7) is 3.16. The summed E-state index contributed by atoms with van der Waals surface area (Å²) in [5.41, 5.74) is 5.21. The lowest BCUT2D eigenvalue weighted by molar-refractivity contribution is -0.142. The molecule has 0 bridgehead atoms. The number of nitrogens with zero attached hydrogens (tertiary/aromatic N) is 1. The predicted molar refractivity (Wildman–Crippen MR) is 79.8 cm³/mol. The zero-order valence-electron chi connectivity index (χ0n) is 12.5. The highest BCUT2D eigenvalue weighted by atomic mass is 16.5. The summed E-state index contributed by atoms with van der Waals surface area (Å²) in [6, 6.07) is 3.84. The van der Waals surface area contributed by atoms with Gasteiger partial charge in [-0.2, -0.15) is 0 Å². The molecule has 1 aromatic rings. The molecule has 0 unspecified atom stereocenters. The van der Waals surface area contributed by atoms with Crippen molar-refractivity contribution in [2.24, 2.45) is 11.7 Å². The molecule has 2 amide bonds. The number of carbonyl (C=O) groups excluding carboxylic acids is 2. The maximum Gasteiger partial charge on any atom is 0.248 e. The molecule has 2 heterocycles. The summed E-state index contributed by atoms with van der Waals surface area (Å²) in [6.07, 6.45) is 3.56. The summed E-state index contributed by atoms with van der Waals surface area (Å²) in [7, 11) is 0. The van der Waals surface area contributed by atoms with Crippen molar-refractivity contribution >= 4 is 17.9 Å². The maximum atomic E-state index is 12.1. The molecule has 1 saturated heterocycles. The Hall–Kier alpha value is -2.08. The van der Waals surface area contributed by atoms with Gasteiger partial charge in [-0.15, -0.1) is 0 Å². The lowest BCUT2D eigenvalue weighted by Gasteiger charge is -2.30. The Kier molecular flexibility index (Phi) is 4.02. The van der Waals surface area contributed by atoms with Crippen LogP contribution in [-0.4, -0.2) is 42.5 Å². The summed E-state index contributed by atoms with van der Waals surface area (Å²) in [5.74, 6) is 2.14. The molecule has 2 aliphatic rings. The second-order valence-corrected chi connectivity index (χ2v) is 5.94. The molecule has 6 heteroatoms. The van der Waals surface area contributed by atoms with E-state index in [0.29, 0.717) is 30.7 Å². The van der Waals surface area contributed by atoms with E-state index in [0.717, 1.165) is 12.2 Å². The van der Waals surface area contributed by atoms with Gasteiger partial charge in [0.15, 0.2) is 6.10 Å². The molecule has 1 aliphatic heterocycles. The minimum absolute atomic E-state index is 0.174. The fraction of sp³-hybridized carbons (Fsp3) is 0.500. The van der Waals surface area contributed by atoms with E-state index in [1.165, 1.54) is 6.08 Å². The highest BCUT2D eigenvalue weighted by Crippen LogP contribution is 2.47. The van der Waals surface area contributed by atoms with Gasteiger partial charge in [-0.1, -0.05) is 6.92 Å². The molecule has 1 aliphatic carbocycles. The quantitative estimate of drug-likeness (QED) is 0.845. The molecular formula is C16H20N2O4. The fourth-order valence-corrected chi connectivity index (χ4v) is 2.66. The number of morpholine rings is 1. The first kappa shape index (κ1) is 14.8. The molecule has 0 spiro atoms. The van der Waals surface area contributed by atoms with Crippen LogP contribution in [0.25, 0.3) is 6.08 Å². The van der Waals surface area contributed by atoms with Crippen LogP contribution in [-0.2, 0) is 14.3 Å². The fourth-order valence-electron chi connectivity index (χ4n) is 2.66. The highest BCUT2D eigenvalue weighted by Gasteiger charge is 2.36. The summed E-state index contributed by atoms with van der Waals surface area (Å²) in [5, 5.41) is 0. The molecular weight excluding hydrogens is 284 g/mol. The third kappa shape index (κ3) is 3.22. The third-order valence-electron chi connectivity index (χ3n) is 4.21. The monoisotopic (exact) mass is 304 g/mol. The Labute approximate surface area is 128 Å². The van der Waals surface area contributed by atoms with Crippen molar-refractivity contribution in [3.8, 4) is 0 Å². The molecule has 0 aromatic carbocycles. The van der Waals surface area contributed by atoms with E-state index < -0.39 is 12.0 Å². The van der Waals surface area contributed by atoms with E-state index in [1.807, 2.05) is 12.1 Å². The van der Waals surface area contributed by atoms with Crippen molar-refractivity contribution in [3.63, 3.8) is 0 Å². The van der Waals surface area contributed by atoms with Crippen molar-refractivity contribution in [2.75, 3.05) is 19.7 Å². The number of ether oxygens (including phenoxy) is 1. The van der Waals surface area contributed by atoms with E-state index in [-0.39, 0.29) is 12.5 Å². The van der Waals surface area contributed by atoms with Gasteiger partial charge < -0.3 is 19.8 Å². The van der Waals surface area contributed by atoms with Gasteiger partial charge in [0.25, 0.3) is 0 Å². The normalized spacial score (nSPS) is 28.0. The smallest absolute Gasteiger partial charge is 0.248 e. The number of hydrogen-bond donors (Lipinski definition) is 1. The van der Waals surface area contributed by atoms with Crippen LogP contribution >= 0.6 is 0 Å². The summed E-state index contributed by atoms with van der Waals surface area (Å²) < 4.78 is 10.9. The third-order valence-corrected chi connectivity index (χ3v) is 4.21. The standard InChI is InChI=1S/C16H20N2O4/c1-10-8-12(10)13-4-2-11(22-13)3-5-15(19)18-6-7-21-14(9-18)16(17)20/h2-5,10,12,14H,6-9H2,1H3,(H2,17,20)/b5-3+/t10-,12+,14-/m1/s1. The van der Waals surface area contributed by atoms with Crippen LogP contribution < -0.4 is 5.73 Å². The van der Waals surface area contributed by atoms with Crippen molar-refractivity contribution in [1.82, 2.24) is 4.90 Å². The second-order valence-electron chi connectivity index (χ2n) is 5.94. The lowest BCUT2D eigenvalue weighted by atomic mass is 10.2. The van der Waals surface area contributed by atoms with Gasteiger partial charge in [0, 0.05) is 18.5 Å². The Morgan fingerprint density at radius 1 is 1.41 bits per heavy atom. The largest absolute Gasteiger partial charge is 0.461 e. The van der Waals surface area contributed by atoms with Crippen LogP contribution in [0.4, 0.5) is 0 Å². The Bertz CT molecular complexity index is 607. The molecule has 118 valence electrons. The summed E-state index contributed by atoms with van der Waals surface area (Å²) in [4.78, 5) is 24.8. The van der Waals surface area contributed by atoms with E-state index in [2.05, 4.69) is 6.92 Å². The molecule has 0 radical (unpaired) electrons. The van der Waals surface area contributed by atoms with Gasteiger partial charge in [-0.05, 0) is 30.5 Å². The summed E-state index contributed by atoms with van der Waals surface area (Å²) >= 11 is 0. The zero-order chi connectivity index (χ0) is 15.7. The van der Waals surface area contributed by atoms with Crippen LogP contribution in [0.5, 0.6) is 0 Å². The minimum atomic E-state index is -0.724. The first-order valence-corrected chi connectivity index (χ1v) is 7.52. The topological polar surface area (TPSA) is 85.8 Å². The molecule has 2 N–H and O–H groups in total. The molecule has 1 aromatic heterocycles. The Morgan fingerprint density at radius 3 is 2.86 bits per heavy atom. The molecule has 3 rings (SSSR count). The van der Waals surface area contributed by atoms with Gasteiger partial charge in [-0.3, -0.25) is 9.59 Å². The van der Waals surface area contributed by atoms with Crippen molar-refractivity contribution in [1.29, 1.82) is 0 Å². The average molecular weight is 304 g/mol.